The molecule has 0 radical (unpaired) electrons. The molecule has 0 saturated carbocycles. The fourth-order valence-corrected chi connectivity index (χ4v) is 2.50. The Morgan fingerprint density at radius 2 is 1.72 bits per heavy atom. The topological polar surface area (TPSA) is 50.7 Å². The molecule has 0 saturated heterocycles. The summed E-state index contributed by atoms with van der Waals surface area (Å²) in [4.78, 5) is 4.05. The minimum atomic E-state index is 0.0948. The zero-order chi connectivity index (χ0) is 12.5. The number of aromatic nitrogens is 3. The normalized spacial score (nSPS) is 14.6. The van der Waals surface area contributed by atoms with E-state index in [1.54, 1.807) is 0 Å². The molecule has 4 nitrogen and oxygen atoms in total. The van der Waals surface area contributed by atoms with Gasteiger partial charge in [0, 0.05) is 6.04 Å². The van der Waals surface area contributed by atoms with Crippen molar-refractivity contribution in [3.63, 3.8) is 0 Å². The minimum Gasteiger partial charge on any atom is -0.364 e. The fraction of sp³-hybridized carbons (Fsp3) is 0.250. The van der Waals surface area contributed by atoms with Gasteiger partial charge >= 0.3 is 0 Å². The molecule has 0 atom stereocenters. The second kappa shape index (κ2) is 4.71. The molecule has 1 aromatic heterocycles. The first-order chi connectivity index (χ1) is 8.72. The molecule has 3 rings (SSSR count). The smallest absolute Gasteiger partial charge is 0.245 e. The molecule has 0 fully saturated rings. The number of anilines is 1. The average molecular weight is 281 g/mol. The summed E-state index contributed by atoms with van der Waals surface area (Å²) in [5.74, 6) is 0.495. The Hall–Kier alpha value is -1.39. The van der Waals surface area contributed by atoms with E-state index in [1.807, 2.05) is 0 Å². The maximum Gasteiger partial charge on any atom is 0.245 e. The summed E-state index contributed by atoms with van der Waals surface area (Å²) in [6, 6.07) is 8.66. The van der Waals surface area contributed by atoms with E-state index in [9.17, 15) is 0 Å². The Bertz CT molecular complexity index is 563. The number of hydrogen-bond donors (Lipinski definition) is 1. The summed E-state index contributed by atoms with van der Waals surface area (Å²) in [5.41, 5.74) is 2.72. The molecule has 0 spiro atoms. The van der Waals surface area contributed by atoms with Crippen molar-refractivity contribution in [2.24, 2.45) is 0 Å². The molecule has 0 aliphatic heterocycles. The predicted molar refractivity (Wildman–Crippen MR) is 71.1 cm³/mol. The summed E-state index contributed by atoms with van der Waals surface area (Å²) < 4.78 is 0. The highest BCUT2D eigenvalue weighted by Gasteiger charge is 2.22. The lowest BCUT2D eigenvalue weighted by molar-refractivity contribution is 0.764. The lowest BCUT2D eigenvalue weighted by Gasteiger charge is -2.12. The molecular weight excluding hydrogens is 271 g/mol. The van der Waals surface area contributed by atoms with Crippen molar-refractivity contribution in [3.8, 4) is 0 Å². The SMILES string of the molecule is Clc1nnc(Cl)c(NC2Cc3ccccc3C2)n1. The van der Waals surface area contributed by atoms with E-state index in [0.29, 0.717) is 5.82 Å². The molecule has 1 aliphatic carbocycles. The van der Waals surface area contributed by atoms with Gasteiger partial charge in [-0.05, 0) is 35.6 Å². The average Bonchev–Trinajstić information content (AvgIpc) is 2.76. The monoisotopic (exact) mass is 280 g/mol. The van der Waals surface area contributed by atoms with Crippen LogP contribution < -0.4 is 5.32 Å². The molecule has 0 amide bonds. The maximum atomic E-state index is 5.93. The second-order valence-electron chi connectivity index (χ2n) is 4.24. The Balaban J connectivity index is 1.78. The van der Waals surface area contributed by atoms with E-state index in [4.69, 9.17) is 23.2 Å². The van der Waals surface area contributed by atoms with Gasteiger partial charge in [0.05, 0.1) is 0 Å². The van der Waals surface area contributed by atoms with Gasteiger partial charge in [-0.2, -0.15) is 4.98 Å². The number of hydrogen-bond acceptors (Lipinski definition) is 4. The third-order valence-corrected chi connectivity index (χ3v) is 3.43. The molecule has 1 aliphatic rings. The molecular formula is C12H10Cl2N4. The quantitative estimate of drug-likeness (QED) is 0.919. The summed E-state index contributed by atoms with van der Waals surface area (Å²) in [7, 11) is 0. The molecule has 6 heteroatoms. The van der Waals surface area contributed by atoms with E-state index in [1.165, 1.54) is 11.1 Å². The number of nitrogens with zero attached hydrogens (tertiary/aromatic N) is 3. The van der Waals surface area contributed by atoms with E-state index in [2.05, 4.69) is 44.8 Å². The van der Waals surface area contributed by atoms with Gasteiger partial charge in [-0.1, -0.05) is 35.9 Å². The van der Waals surface area contributed by atoms with Gasteiger partial charge in [0.2, 0.25) is 5.28 Å². The molecule has 2 aromatic rings. The van der Waals surface area contributed by atoms with Gasteiger partial charge in [-0.25, -0.2) is 0 Å². The second-order valence-corrected chi connectivity index (χ2v) is 4.93. The van der Waals surface area contributed by atoms with E-state index in [-0.39, 0.29) is 16.5 Å². The maximum absolute atomic E-state index is 5.93. The highest BCUT2D eigenvalue weighted by molar-refractivity contribution is 6.32. The van der Waals surface area contributed by atoms with Crippen LogP contribution in [0.25, 0.3) is 0 Å². The standard InChI is InChI=1S/C12H10Cl2N4/c13-10-11(16-12(14)18-17-10)15-9-5-7-3-1-2-4-8(7)6-9/h1-4,9H,5-6H2,(H,15,16,18). The minimum absolute atomic E-state index is 0.0948. The van der Waals surface area contributed by atoms with Crippen molar-refractivity contribution in [3.05, 3.63) is 45.8 Å². The van der Waals surface area contributed by atoms with Crippen LogP contribution in [0.15, 0.2) is 24.3 Å². The van der Waals surface area contributed by atoms with Gasteiger partial charge in [0.15, 0.2) is 11.0 Å². The van der Waals surface area contributed by atoms with Crippen molar-refractivity contribution < 1.29 is 0 Å². The van der Waals surface area contributed by atoms with Gasteiger partial charge in [-0.3, -0.25) is 0 Å². The molecule has 1 N–H and O–H groups in total. The highest BCUT2D eigenvalue weighted by atomic mass is 35.5. The zero-order valence-electron chi connectivity index (χ0n) is 9.40. The van der Waals surface area contributed by atoms with Crippen LogP contribution in [0.1, 0.15) is 11.1 Å². The summed E-state index contributed by atoms with van der Waals surface area (Å²) in [6.07, 6.45) is 1.91. The third kappa shape index (κ3) is 2.26. The van der Waals surface area contributed by atoms with Crippen molar-refractivity contribution in [1.29, 1.82) is 0 Å². The molecule has 0 bridgehead atoms. The molecule has 1 heterocycles. The first-order valence-electron chi connectivity index (χ1n) is 5.61. The number of rotatable bonds is 2. The lowest BCUT2D eigenvalue weighted by atomic mass is 10.1. The Morgan fingerprint density at radius 3 is 2.39 bits per heavy atom. The predicted octanol–water partition coefficient (Wildman–Crippen LogP) is 2.76. The van der Waals surface area contributed by atoms with Crippen molar-refractivity contribution in [2.75, 3.05) is 5.32 Å². The third-order valence-electron chi connectivity index (χ3n) is 3.01. The molecule has 92 valence electrons. The number of nitrogens with one attached hydrogen (secondary N) is 1. The molecule has 18 heavy (non-hydrogen) atoms. The van der Waals surface area contributed by atoms with Gasteiger partial charge in [0.25, 0.3) is 0 Å². The molecule has 1 aromatic carbocycles. The first kappa shape index (κ1) is 11.7. The first-order valence-corrected chi connectivity index (χ1v) is 6.37. The van der Waals surface area contributed by atoms with Crippen molar-refractivity contribution >= 4 is 29.0 Å². The van der Waals surface area contributed by atoms with Crippen LogP contribution in [-0.4, -0.2) is 21.2 Å². The van der Waals surface area contributed by atoms with E-state index < -0.39 is 0 Å². The van der Waals surface area contributed by atoms with Crippen LogP contribution in [0.4, 0.5) is 5.82 Å². The molecule has 0 unspecified atom stereocenters. The van der Waals surface area contributed by atoms with Crippen LogP contribution in [0.3, 0.4) is 0 Å². The lowest BCUT2D eigenvalue weighted by Crippen LogP contribution is -2.21. The van der Waals surface area contributed by atoms with Crippen LogP contribution in [-0.2, 0) is 12.8 Å². The number of fused-ring (bicyclic) bond motifs is 1. The highest BCUT2D eigenvalue weighted by Crippen LogP contribution is 2.26. The van der Waals surface area contributed by atoms with Gasteiger partial charge in [-0.15, -0.1) is 10.2 Å². The Kier molecular flexibility index (Phi) is 3.06. The fourth-order valence-electron chi connectivity index (χ4n) is 2.24. The van der Waals surface area contributed by atoms with E-state index >= 15 is 0 Å². The zero-order valence-corrected chi connectivity index (χ0v) is 10.9. The van der Waals surface area contributed by atoms with E-state index in [0.717, 1.165) is 12.8 Å². The van der Waals surface area contributed by atoms with Crippen molar-refractivity contribution in [2.45, 2.75) is 18.9 Å². The number of benzene rings is 1. The Labute approximate surface area is 114 Å². The van der Waals surface area contributed by atoms with Gasteiger partial charge in [0.1, 0.15) is 0 Å². The summed E-state index contributed by atoms with van der Waals surface area (Å²) in [5, 5.41) is 10.9. The summed E-state index contributed by atoms with van der Waals surface area (Å²) >= 11 is 11.6. The van der Waals surface area contributed by atoms with Crippen LogP contribution >= 0.6 is 23.2 Å². The van der Waals surface area contributed by atoms with Crippen molar-refractivity contribution in [1.82, 2.24) is 15.2 Å². The Morgan fingerprint density at radius 1 is 1.06 bits per heavy atom. The van der Waals surface area contributed by atoms with Crippen LogP contribution in [0.2, 0.25) is 10.4 Å². The summed E-state index contributed by atoms with van der Waals surface area (Å²) in [6.45, 7) is 0. The van der Waals surface area contributed by atoms with Crippen LogP contribution in [0, 0.1) is 0 Å². The van der Waals surface area contributed by atoms with Gasteiger partial charge < -0.3 is 5.32 Å². The largest absolute Gasteiger partial charge is 0.364 e. The van der Waals surface area contributed by atoms with Crippen LogP contribution in [0.5, 0.6) is 0 Å². The number of halogens is 2.